The van der Waals surface area contributed by atoms with Gasteiger partial charge in [0.25, 0.3) is 0 Å². The molecule has 0 aliphatic carbocycles. The van der Waals surface area contributed by atoms with Gasteiger partial charge in [0.05, 0.1) is 12.5 Å². The van der Waals surface area contributed by atoms with E-state index in [0.717, 1.165) is 16.7 Å². The Bertz CT molecular complexity index is 933. The Kier molecular flexibility index (Phi) is 7.85. The van der Waals surface area contributed by atoms with Crippen LogP contribution in [0.25, 0.3) is 0 Å². The summed E-state index contributed by atoms with van der Waals surface area (Å²) in [4.78, 5) is 25.1. The minimum atomic E-state index is -0.907. The first-order valence-corrected chi connectivity index (χ1v) is 10.9. The monoisotopic (exact) mass is 442 g/mol. The van der Waals surface area contributed by atoms with Gasteiger partial charge in [-0.25, -0.2) is 9.18 Å². The number of nitrogens with one attached hydrogen (secondary N) is 2. The van der Waals surface area contributed by atoms with Gasteiger partial charge < -0.3 is 20.1 Å². The van der Waals surface area contributed by atoms with Crippen molar-refractivity contribution in [3.63, 3.8) is 0 Å². The summed E-state index contributed by atoms with van der Waals surface area (Å²) in [6.45, 7) is 6.98. The number of hydrogen-bond acceptors (Lipinski definition) is 5. The first-order chi connectivity index (χ1) is 15.2. The number of carbonyl (C=O) groups excluding carboxylic acids is 2. The summed E-state index contributed by atoms with van der Waals surface area (Å²) in [6, 6.07) is 14.0. The van der Waals surface area contributed by atoms with Gasteiger partial charge in [0.2, 0.25) is 0 Å². The van der Waals surface area contributed by atoms with Crippen LogP contribution in [0.5, 0.6) is 0 Å². The highest BCUT2D eigenvalue weighted by atomic mass is 19.1. The first-order valence-electron chi connectivity index (χ1n) is 10.9. The van der Waals surface area contributed by atoms with E-state index in [-0.39, 0.29) is 36.8 Å². The van der Waals surface area contributed by atoms with E-state index >= 15 is 0 Å². The lowest BCUT2D eigenvalue weighted by Gasteiger charge is -2.34. The molecule has 2 N–H and O–H groups in total. The number of ether oxygens (including phenoxy) is 2. The van der Waals surface area contributed by atoms with Gasteiger partial charge in [0.1, 0.15) is 18.0 Å². The number of aryl methyl sites for hydroxylation is 1. The highest BCUT2D eigenvalue weighted by molar-refractivity contribution is 5.75. The van der Waals surface area contributed by atoms with Gasteiger partial charge in [-0.3, -0.25) is 4.79 Å². The van der Waals surface area contributed by atoms with Gasteiger partial charge in [-0.15, -0.1) is 0 Å². The molecule has 0 radical (unpaired) electrons. The van der Waals surface area contributed by atoms with E-state index in [1.807, 2.05) is 37.3 Å². The predicted octanol–water partition coefficient (Wildman–Crippen LogP) is 4.08. The Hall–Kier alpha value is -2.93. The van der Waals surface area contributed by atoms with E-state index in [1.54, 1.807) is 19.9 Å². The normalized spacial score (nSPS) is 18.6. The van der Waals surface area contributed by atoms with E-state index in [0.29, 0.717) is 19.5 Å². The summed E-state index contributed by atoms with van der Waals surface area (Å²) in [5, 5.41) is 5.98. The van der Waals surface area contributed by atoms with Crippen molar-refractivity contribution in [3.8, 4) is 0 Å². The van der Waals surface area contributed by atoms with Crippen LogP contribution in [0.4, 0.5) is 9.18 Å². The topological polar surface area (TPSA) is 76.7 Å². The summed E-state index contributed by atoms with van der Waals surface area (Å²) in [5.74, 6) is -1.05. The zero-order chi connectivity index (χ0) is 23.1. The quantitative estimate of drug-likeness (QED) is 0.632. The molecule has 1 saturated heterocycles. The minimum absolute atomic E-state index is 0.101. The number of rotatable bonds is 7. The molecule has 2 aromatic rings. The van der Waals surface area contributed by atoms with E-state index in [2.05, 4.69) is 10.6 Å². The Labute approximate surface area is 188 Å². The molecular formula is C25H31FN2O4. The average molecular weight is 443 g/mol. The molecule has 1 aliphatic heterocycles. The third-order valence-electron chi connectivity index (χ3n) is 5.66. The molecule has 6 nitrogen and oxygen atoms in total. The molecule has 0 unspecified atom stereocenters. The minimum Gasteiger partial charge on any atom is -0.458 e. The van der Waals surface area contributed by atoms with Crippen LogP contribution in [0.3, 0.4) is 0 Å². The van der Waals surface area contributed by atoms with Crippen LogP contribution in [0.15, 0.2) is 48.5 Å². The van der Waals surface area contributed by atoms with Crippen molar-refractivity contribution in [1.29, 1.82) is 0 Å². The second-order valence-electron chi connectivity index (χ2n) is 8.80. The molecule has 2 aromatic carbocycles. The van der Waals surface area contributed by atoms with Crippen molar-refractivity contribution in [2.45, 2.75) is 45.3 Å². The number of benzene rings is 2. The highest BCUT2D eigenvalue weighted by Gasteiger charge is 2.36. The standard InChI is InChI=1S/C25H31FN2O4/c1-17-13-19(26)9-10-20(17)22-14-27-12-11-21(22)23(29)32-25(2,3)16-28-24(30)31-15-18-7-5-4-6-8-18/h4-10,13,21-22,27H,11-12,14-16H2,1-3H3,(H,28,30)/t21-,22+/m0/s1. The molecule has 1 heterocycles. The number of amides is 1. The van der Waals surface area contributed by atoms with Crippen LogP contribution in [-0.4, -0.2) is 37.3 Å². The van der Waals surface area contributed by atoms with Crippen LogP contribution in [0.1, 0.15) is 42.9 Å². The number of hydrogen-bond donors (Lipinski definition) is 2. The van der Waals surface area contributed by atoms with E-state index in [1.165, 1.54) is 12.1 Å². The third kappa shape index (κ3) is 6.53. The van der Waals surface area contributed by atoms with E-state index in [4.69, 9.17) is 9.47 Å². The predicted molar refractivity (Wildman–Crippen MR) is 120 cm³/mol. The second-order valence-corrected chi connectivity index (χ2v) is 8.80. The summed E-state index contributed by atoms with van der Waals surface area (Å²) >= 11 is 0. The fraction of sp³-hybridized carbons (Fsp3) is 0.440. The SMILES string of the molecule is Cc1cc(F)ccc1[C@H]1CNCC[C@@H]1C(=O)OC(C)(C)CNC(=O)OCc1ccccc1. The maximum atomic E-state index is 13.5. The smallest absolute Gasteiger partial charge is 0.407 e. The lowest BCUT2D eigenvalue weighted by molar-refractivity contribution is -0.162. The lowest BCUT2D eigenvalue weighted by atomic mass is 9.79. The van der Waals surface area contributed by atoms with Crippen molar-refractivity contribution in [2.75, 3.05) is 19.6 Å². The summed E-state index contributed by atoms with van der Waals surface area (Å²) in [5.41, 5.74) is 1.75. The second kappa shape index (κ2) is 10.6. The zero-order valence-corrected chi connectivity index (χ0v) is 18.8. The molecule has 0 bridgehead atoms. The van der Waals surface area contributed by atoms with Crippen LogP contribution in [0, 0.1) is 18.7 Å². The molecule has 0 spiro atoms. The fourth-order valence-electron chi connectivity index (χ4n) is 3.97. The maximum absolute atomic E-state index is 13.5. The van der Waals surface area contributed by atoms with Gasteiger partial charge in [-0.1, -0.05) is 36.4 Å². The van der Waals surface area contributed by atoms with Crippen molar-refractivity contribution >= 4 is 12.1 Å². The van der Waals surface area contributed by atoms with Crippen molar-refractivity contribution < 1.29 is 23.5 Å². The Morgan fingerprint density at radius 2 is 1.94 bits per heavy atom. The molecule has 3 rings (SSSR count). The lowest BCUT2D eigenvalue weighted by Crippen LogP contribution is -2.46. The number of alkyl carbamates (subject to hydrolysis) is 1. The maximum Gasteiger partial charge on any atom is 0.407 e. The van der Waals surface area contributed by atoms with Crippen LogP contribution >= 0.6 is 0 Å². The fourth-order valence-corrected chi connectivity index (χ4v) is 3.97. The number of carbonyl (C=O) groups is 2. The first kappa shape index (κ1) is 23.7. The molecule has 32 heavy (non-hydrogen) atoms. The Balaban J connectivity index is 1.55. The number of piperidine rings is 1. The number of esters is 1. The molecule has 1 amide bonds. The van der Waals surface area contributed by atoms with Crippen molar-refractivity contribution in [2.24, 2.45) is 5.92 Å². The van der Waals surface area contributed by atoms with Gasteiger partial charge in [0.15, 0.2) is 0 Å². The van der Waals surface area contributed by atoms with Crippen molar-refractivity contribution in [1.82, 2.24) is 10.6 Å². The molecule has 1 fully saturated rings. The van der Waals surface area contributed by atoms with Crippen molar-refractivity contribution in [3.05, 3.63) is 71.0 Å². The van der Waals surface area contributed by atoms with E-state index in [9.17, 15) is 14.0 Å². The third-order valence-corrected chi connectivity index (χ3v) is 5.66. The highest BCUT2D eigenvalue weighted by Crippen LogP contribution is 2.33. The molecule has 0 saturated carbocycles. The summed E-state index contributed by atoms with van der Waals surface area (Å²) < 4.78 is 24.6. The van der Waals surface area contributed by atoms with Crippen LogP contribution in [-0.2, 0) is 20.9 Å². The Morgan fingerprint density at radius 3 is 2.66 bits per heavy atom. The van der Waals surface area contributed by atoms with Gasteiger partial charge >= 0.3 is 12.1 Å². The van der Waals surface area contributed by atoms with Crippen LogP contribution < -0.4 is 10.6 Å². The number of halogens is 1. The van der Waals surface area contributed by atoms with E-state index < -0.39 is 11.7 Å². The molecule has 2 atom stereocenters. The summed E-state index contributed by atoms with van der Waals surface area (Å²) in [7, 11) is 0. The molecule has 1 aliphatic rings. The molecule has 0 aromatic heterocycles. The summed E-state index contributed by atoms with van der Waals surface area (Å²) in [6.07, 6.45) is 0.0582. The molecule has 172 valence electrons. The molecular weight excluding hydrogens is 411 g/mol. The van der Waals surface area contributed by atoms with Gasteiger partial charge in [-0.05, 0) is 62.6 Å². The van der Waals surface area contributed by atoms with Gasteiger partial charge in [0, 0.05) is 12.5 Å². The Morgan fingerprint density at radius 1 is 1.19 bits per heavy atom. The van der Waals surface area contributed by atoms with Gasteiger partial charge in [-0.2, -0.15) is 0 Å². The molecule has 7 heteroatoms. The average Bonchev–Trinajstić information content (AvgIpc) is 2.77. The zero-order valence-electron chi connectivity index (χ0n) is 18.8. The van der Waals surface area contributed by atoms with Crippen LogP contribution in [0.2, 0.25) is 0 Å². The largest absolute Gasteiger partial charge is 0.458 e.